The predicted molar refractivity (Wildman–Crippen MR) is 100 cm³/mol. The Balaban J connectivity index is 1.78. The van der Waals surface area contributed by atoms with Crippen molar-refractivity contribution in [1.82, 2.24) is 0 Å². The lowest BCUT2D eigenvalue weighted by Crippen LogP contribution is -2.15. The lowest BCUT2D eigenvalue weighted by Gasteiger charge is -2.15. The zero-order valence-corrected chi connectivity index (χ0v) is 14.8. The van der Waals surface area contributed by atoms with Crippen LogP contribution < -0.4 is 10.1 Å². The molecule has 1 atom stereocenters. The molecule has 0 aliphatic heterocycles. The number of ether oxygens (including phenoxy) is 1. The number of anilines is 1. The van der Waals surface area contributed by atoms with Crippen LogP contribution in [0.1, 0.15) is 37.3 Å². The lowest BCUT2D eigenvalue weighted by molar-refractivity contribution is -0.115. The van der Waals surface area contributed by atoms with Crippen molar-refractivity contribution in [2.24, 2.45) is 0 Å². The minimum Gasteiger partial charge on any atom is -0.497 e. The van der Waals surface area contributed by atoms with E-state index in [4.69, 9.17) is 9.15 Å². The second kappa shape index (κ2) is 7.43. The summed E-state index contributed by atoms with van der Waals surface area (Å²) in [5, 5.41) is 3.98. The van der Waals surface area contributed by atoms with Gasteiger partial charge in [0.15, 0.2) is 0 Å². The first kappa shape index (κ1) is 17.1. The van der Waals surface area contributed by atoms with E-state index in [0.29, 0.717) is 5.92 Å². The first-order valence-corrected chi connectivity index (χ1v) is 8.55. The van der Waals surface area contributed by atoms with Crippen molar-refractivity contribution >= 4 is 22.6 Å². The summed E-state index contributed by atoms with van der Waals surface area (Å²) in [5.41, 5.74) is 3.65. The predicted octanol–water partition coefficient (Wildman–Crippen LogP) is 5.14. The van der Waals surface area contributed by atoms with Gasteiger partial charge in [-0.1, -0.05) is 32.0 Å². The van der Waals surface area contributed by atoms with Crippen LogP contribution in [0.5, 0.6) is 5.75 Å². The summed E-state index contributed by atoms with van der Waals surface area (Å²) in [7, 11) is 1.62. The number of hydrogen-bond acceptors (Lipinski definition) is 3. The fourth-order valence-electron chi connectivity index (χ4n) is 2.96. The summed E-state index contributed by atoms with van der Waals surface area (Å²) in [6.07, 6.45) is 2.94. The van der Waals surface area contributed by atoms with Crippen molar-refractivity contribution in [1.29, 1.82) is 0 Å². The minimum absolute atomic E-state index is 0.0470. The van der Waals surface area contributed by atoms with Crippen molar-refractivity contribution in [3.05, 3.63) is 59.9 Å². The number of amides is 1. The maximum Gasteiger partial charge on any atom is 0.228 e. The van der Waals surface area contributed by atoms with Crippen LogP contribution in [0.2, 0.25) is 0 Å². The molecule has 0 saturated heterocycles. The Morgan fingerprint density at radius 1 is 1.24 bits per heavy atom. The van der Waals surface area contributed by atoms with Crippen LogP contribution >= 0.6 is 0 Å². The zero-order chi connectivity index (χ0) is 17.8. The summed E-state index contributed by atoms with van der Waals surface area (Å²) in [4.78, 5) is 12.5. The second-order valence-electron chi connectivity index (χ2n) is 6.24. The Morgan fingerprint density at radius 2 is 2.04 bits per heavy atom. The van der Waals surface area contributed by atoms with Crippen molar-refractivity contribution in [2.75, 3.05) is 12.4 Å². The second-order valence-corrected chi connectivity index (χ2v) is 6.24. The zero-order valence-electron chi connectivity index (χ0n) is 14.8. The fraction of sp³-hybridized carbons (Fsp3) is 0.286. The minimum atomic E-state index is -0.0470. The molecule has 3 rings (SSSR count). The van der Waals surface area contributed by atoms with E-state index < -0.39 is 0 Å². The topological polar surface area (TPSA) is 51.5 Å². The normalized spacial score (nSPS) is 12.1. The number of nitrogens with one attached hydrogen (secondary N) is 1. The fourth-order valence-corrected chi connectivity index (χ4v) is 2.96. The molecular formula is C21H23NO3. The largest absolute Gasteiger partial charge is 0.497 e. The average Bonchev–Trinajstić information content (AvgIpc) is 3.03. The van der Waals surface area contributed by atoms with Crippen molar-refractivity contribution < 1.29 is 13.9 Å². The number of para-hydroxylation sites is 1. The van der Waals surface area contributed by atoms with Crippen LogP contribution in [0.15, 0.2) is 53.1 Å². The summed E-state index contributed by atoms with van der Waals surface area (Å²) < 4.78 is 10.8. The lowest BCUT2D eigenvalue weighted by atomic mass is 9.97. The van der Waals surface area contributed by atoms with Crippen molar-refractivity contribution in [3.8, 4) is 5.75 Å². The first-order chi connectivity index (χ1) is 12.1. The van der Waals surface area contributed by atoms with Gasteiger partial charge < -0.3 is 14.5 Å². The van der Waals surface area contributed by atoms with Crippen LogP contribution in [0.4, 0.5) is 5.69 Å². The monoisotopic (exact) mass is 337 g/mol. The Kier molecular flexibility index (Phi) is 5.08. The van der Waals surface area contributed by atoms with Crippen LogP contribution in [0.25, 0.3) is 11.0 Å². The highest BCUT2D eigenvalue weighted by Crippen LogP contribution is 2.28. The molecule has 0 fully saturated rings. The SMILES string of the molecule is CC[C@H](C)c1ccccc1NC(=O)Cc1coc2cc(OC)ccc12. The van der Waals surface area contributed by atoms with Crippen LogP contribution in [-0.4, -0.2) is 13.0 Å². The number of hydrogen-bond donors (Lipinski definition) is 1. The molecular weight excluding hydrogens is 314 g/mol. The quantitative estimate of drug-likeness (QED) is 0.678. The molecule has 4 heteroatoms. The number of carbonyl (C=O) groups is 1. The Morgan fingerprint density at radius 3 is 2.80 bits per heavy atom. The van der Waals surface area contributed by atoms with Crippen LogP contribution in [0, 0.1) is 0 Å². The maximum atomic E-state index is 12.5. The van der Waals surface area contributed by atoms with Gasteiger partial charge in [0.2, 0.25) is 5.91 Å². The number of carbonyl (C=O) groups excluding carboxylic acids is 1. The van der Waals surface area contributed by atoms with Gasteiger partial charge in [-0.25, -0.2) is 0 Å². The summed E-state index contributed by atoms with van der Waals surface area (Å²) in [6.45, 7) is 4.32. The maximum absolute atomic E-state index is 12.5. The molecule has 0 aliphatic carbocycles. The molecule has 1 heterocycles. The van der Waals surface area contributed by atoms with Crippen LogP contribution in [-0.2, 0) is 11.2 Å². The van der Waals surface area contributed by atoms with Gasteiger partial charge in [-0.15, -0.1) is 0 Å². The number of fused-ring (bicyclic) bond motifs is 1. The van der Waals surface area contributed by atoms with E-state index in [9.17, 15) is 4.79 Å². The average molecular weight is 337 g/mol. The Hall–Kier alpha value is -2.75. The Bertz CT molecular complexity index is 882. The first-order valence-electron chi connectivity index (χ1n) is 8.55. The van der Waals surface area contributed by atoms with Gasteiger partial charge in [0, 0.05) is 22.7 Å². The summed E-state index contributed by atoms with van der Waals surface area (Å²) in [5.74, 6) is 1.09. The molecule has 1 N–H and O–H groups in total. The molecule has 25 heavy (non-hydrogen) atoms. The van der Waals surface area contributed by atoms with E-state index >= 15 is 0 Å². The molecule has 0 spiro atoms. The molecule has 1 aromatic heterocycles. The highest BCUT2D eigenvalue weighted by Gasteiger charge is 2.14. The number of rotatable bonds is 6. The third-order valence-corrected chi connectivity index (χ3v) is 4.59. The Labute approximate surface area is 147 Å². The van der Waals surface area contributed by atoms with Gasteiger partial charge in [0.1, 0.15) is 11.3 Å². The summed E-state index contributed by atoms with van der Waals surface area (Å²) >= 11 is 0. The van der Waals surface area contributed by atoms with Gasteiger partial charge in [-0.05, 0) is 36.1 Å². The van der Waals surface area contributed by atoms with Gasteiger partial charge in [0.05, 0.1) is 19.8 Å². The molecule has 4 nitrogen and oxygen atoms in total. The number of furan rings is 1. The molecule has 2 aromatic carbocycles. The number of methoxy groups -OCH3 is 1. The van der Waals surface area contributed by atoms with Crippen molar-refractivity contribution in [2.45, 2.75) is 32.6 Å². The molecule has 1 amide bonds. The van der Waals surface area contributed by atoms with E-state index in [1.807, 2.05) is 36.4 Å². The molecule has 0 radical (unpaired) electrons. The molecule has 130 valence electrons. The highest BCUT2D eigenvalue weighted by molar-refractivity contribution is 5.96. The third kappa shape index (κ3) is 3.68. The molecule has 0 bridgehead atoms. The molecule has 0 aliphatic rings. The smallest absolute Gasteiger partial charge is 0.228 e. The molecule has 0 saturated carbocycles. The van der Waals surface area contributed by atoms with Crippen molar-refractivity contribution in [3.63, 3.8) is 0 Å². The van der Waals surface area contributed by atoms with Gasteiger partial charge in [-0.3, -0.25) is 4.79 Å². The van der Waals surface area contributed by atoms with Gasteiger partial charge in [0.25, 0.3) is 0 Å². The van der Waals surface area contributed by atoms with E-state index in [-0.39, 0.29) is 12.3 Å². The van der Waals surface area contributed by atoms with E-state index in [1.54, 1.807) is 13.4 Å². The third-order valence-electron chi connectivity index (χ3n) is 4.59. The van der Waals surface area contributed by atoms with Crippen LogP contribution in [0.3, 0.4) is 0 Å². The standard InChI is InChI=1S/C21H23NO3/c1-4-14(2)17-7-5-6-8-19(17)22-21(23)11-15-13-25-20-12-16(24-3)9-10-18(15)20/h5-10,12-14H,4,11H2,1-3H3,(H,22,23)/t14-/m0/s1. The van der Waals surface area contributed by atoms with E-state index in [0.717, 1.165) is 34.4 Å². The van der Waals surface area contributed by atoms with E-state index in [1.165, 1.54) is 5.56 Å². The highest BCUT2D eigenvalue weighted by atomic mass is 16.5. The number of benzene rings is 2. The van der Waals surface area contributed by atoms with Gasteiger partial charge in [-0.2, -0.15) is 0 Å². The molecule has 3 aromatic rings. The van der Waals surface area contributed by atoms with Gasteiger partial charge >= 0.3 is 0 Å². The summed E-state index contributed by atoms with van der Waals surface area (Å²) in [6, 6.07) is 13.6. The van der Waals surface area contributed by atoms with E-state index in [2.05, 4.69) is 25.2 Å². The molecule has 0 unspecified atom stereocenters.